The van der Waals surface area contributed by atoms with Crippen LogP contribution in [0.3, 0.4) is 0 Å². The van der Waals surface area contributed by atoms with Crippen LogP contribution in [0.15, 0.2) is 73.1 Å². The van der Waals surface area contributed by atoms with Crippen LogP contribution in [0.5, 0.6) is 0 Å². The SMILES string of the molecule is O=C(CC1CC1)N[C@H](C(=O)N1CCC[C@@H]1c1ncc(C#CC2COC(c3cnc([C@H]4CCCN4C(=O)[C@@H](NC(=O)C4CC4)c4ccccc4)[nH]3)CO2)[nH]1)c1ccccc1. The molecule has 14 nitrogen and oxygen atoms in total. The number of likely N-dealkylation sites (tertiary alicyclic amines) is 2. The number of hydrogen-bond donors (Lipinski definition) is 4. The van der Waals surface area contributed by atoms with Gasteiger partial charge in [-0.15, -0.1) is 0 Å². The van der Waals surface area contributed by atoms with Crippen LogP contribution in [-0.2, 0) is 28.7 Å². The topological polar surface area (TPSA) is 175 Å². The molecule has 4 amide bonds. The van der Waals surface area contributed by atoms with Crippen molar-refractivity contribution in [3.63, 3.8) is 0 Å². The van der Waals surface area contributed by atoms with Gasteiger partial charge in [0.25, 0.3) is 0 Å². The molecule has 0 spiro atoms. The molecule has 4 aromatic rings. The van der Waals surface area contributed by atoms with Gasteiger partial charge in [0.1, 0.15) is 41.6 Å². The minimum absolute atomic E-state index is 0.0119. The Balaban J connectivity index is 0.803. The number of carbonyl (C=O) groups is 4. The molecule has 2 unspecified atom stereocenters. The van der Waals surface area contributed by atoms with E-state index in [9.17, 15) is 19.2 Å². The number of amides is 4. The zero-order valence-electron chi connectivity index (χ0n) is 33.0. The van der Waals surface area contributed by atoms with Crippen LogP contribution in [0, 0.1) is 23.7 Å². The van der Waals surface area contributed by atoms with Crippen molar-refractivity contribution in [3.8, 4) is 11.8 Å². The van der Waals surface area contributed by atoms with Crippen molar-refractivity contribution in [2.24, 2.45) is 11.8 Å². The maximum atomic E-state index is 14.0. The van der Waals surface area contributed by atoms with Gasteiger partial charge in [-0.3, -0.25) is 19.2 Å². The predicted octanol–water partition coefficient (Wildman–Crippen LogP) is 4.89. The van der Waals surface area contributed by atoms with E-state index in [2.05, 4.69) is 42.4 Å². The summed E-state index contributed by atoms with van der Waals surface area (Å²) in [4.78, 5) is 73.4. The minimum Gasteiger partial charge on any atom is -0.366 e. The van der Waals surface area contributed by atoms with Gasteiger partial charge in [0.2, 0.25) is 23.6 Å². The van der Waals surface area contributed by atoms with E-state index in [0.29, 0.717) is 42.8 Å². The smallest absolute Gasteiger partial charge is 0.250 e. The summed E-state index contributed by atoms with van der Waals surface area (Å²) in [7, 11) is 0. The van der Waals surface area contributed by atoms with Gasteiger partial charge in [-0.05, 0) is 74.3 Å². The molecular formula is C45H50N8O6. The molecule has 3 aliphatic heterocycles. The van der Waals surface area contributed by atoms with Crippen LogP contribution >= 0.6 is 0 Å². The van der Waals surface area contributed by atoms with Crippen LogP contribution < -0.4 is 10.6 Å². The lowest BCUT2D eigenvalue weighted by atomic mass is 10.0. The summed E-state index contributed by atoms with van der Waals surface area (Å²) < 4.78 is 12.3. The summed E-state index contributed by atoms with van der Waals surface area (Å²) in [5.74, 6) is 7.60. The van der Waals surface area contributed by atoms with Crippen LogP contribution in [-0.4, -0.2) is 85.8 Å². The molecule has 2 aromatic heterocycles. The highest BCUT2D eigenvalue weighted by Gasteiger charge is 2.40. The summed E-state index contributed by atoms with van der Waals surface area (Å²) in [5, 5.41) is 6.05. The van der Waals surface area contributed by atoms with Crippen molar-refractivity contribution < 1.29 is 28.7 Å². The zero-order valence-corrected chi connectivity index (χ0v) is 33.0. The third kappa shape index (κ3) is 8.96. The minimum atomic E-state index is -0.760. The molecule has 5 heterocycles. The van der Waals surface area contributed by atoms with Crippen molar-refractivity contribution in [1.29, 1.82) is 0 Å². The number of nitrogens with one attached hydrogen (secondary N) is 4. The molecule has 59 heavy (non-hydrogen) atoms. The largest absolute Gasteiger partial charge is 0.366 e. The Morgan fingerprint density at radius 3 is 1.93 bits per heavy atom. The first-order valence-corrected chi connectivity index (χ1v) is 21.0. The van der Waals surface area contributed by atoms with Crippen LogP contribution in [0.2, 0.25) is 0 Å². The first-order valence-electron chi connectivity index (χ1n) is 21.0. The summed E-state index contributed by atoms with van der Waals surface area (Å²) in [5.41, 5.74) is 2.90. The number of carbonyl (C=O) groups excluding carboxylic acids is 4. The fourth-order valence-corrected chi connectivity index (χ4v) is 8.42. The van der Waals surface area contributed by atoms with E-state index >= 15 is 0 Å². The fourth-order valence-electron chi connectivity index (χ4n) is 8.42. The summed E-state index contributed by atoms with van der Waals surface area (Å²) in [6.07, 6.45) is 10.0. The number of rotatable bonds is 12. The lowest BCUT2D eigenvalue weighted by molar-refractivity contribution is -0.138. The van der Waals surface area contributed by atoms with E-state index < -0.39 is 18.2 Å². The van der Waals surface area contributed by atoms with E-state index in [-0.39, 0.29) is 60.9 Å². The molecule has 0 radical (unpaired) electrons. The van der Waals surface area contributed by atoms with E-state index in [0.717, 1.165) is 68.2 Å². The van der Waals surface area contributed by atoms with Crippen molar-refractivity contribution in [2.45, 2.75) is 94.2 Å². The monoisotopic (exact) mass is 798 g/mol. The van der Waals surface area contributed by atoms with Crippen molar-refractivity contribution in [2.75, 3.05) is 26.3 Å². The average Bonchev–Trinajstić information content (AvgIpc) is 3.97. The van der Waals surface area contributed by atoms with Gasteiger partial charge in [-0.2, -0.15) is 0 Å². The average molecular weight is 799 g/mol. The molecule has 2 saturated carbocycles. The van der Waals surface area contributed by atoms with Gasteiger partial charge in [0.05, 0.1) is 43.4 Å². The second-order valence-electron chi connectivity index (χ2n) is 16.4. The van der Waals surface area contributed by atoms with Gasteiger partial charge < -0.3 is 39.9 Å². The first-order chi connectivity index (χ1) is 28.9. The number of benzene rings is 2. The molecule has 9 rings (SSSR count). The van der Waals surface area contributed by atoms with Crippen molar-refractivity contribution >= 4 is 23.6 Å². The molecular weight excluding hydrogens is 749 g/mol. The molecule has 0 bridgehead atoms. The molecule has 2 aromatic carbocycles. The number of ether oxygens (including phenoxy) is 2. The third-order valence-corrected chi connectivity index (χ3v) is 12.0. The quantitative estimate of drug-likeness (QED) is 0.147. The maximum absolute atomic E-state index is 14.0. The molecule has 6 atom stereocenters. The Labute approximate surface area is 343 Å². The van der Waals surface area contributed by atoms with Gasteiger partial charge in [0.15, 0.2) is 0 Å². The van der Waals surface area contributed by atoms with E-state index in [4.69, 9.17) is 9.47 Å². The summed E-state index contributed by atoms with van der Waals surface area (Å²) in [6, 6.07) is 16.8. The standard InChI is InChI=1S/C45H50N8O6/c54-38(23-28-15-16-28)50-39(29-9-3-1-4-10-29)44(56)52-21-7-13-35(52)41-46-24-32(48-41)19-20-33-26-59-37(27-58-33)34-25-47-42(49-34)36-14-8-22-53(36)45(57)40(30-11-5-2-6-12-30)51-43(55)31-17-18-31/h1-6,9-12,24-25,28,31,33,35-37,39-40H,7-8,13-18,21-23,26-27H2,(H,46,48)(H,47,49)(H,50,54)(H,51,55)/t33?,35-,36-,37?,39+,40+/m1/s1. The molecule has 14 heteroatoms. The molecule has 3 saturated heterocycles. The molecule has 4 N–H and O–H groups in total. The van der Waals surface area contributed by atoms with E-state index in [1.165, 1.54) is 0 Å². The van der Waals surface area contributed by atoms with Gasteiger partial charge in [-0.1, -0.05) is 66.6 Å². The molecule has 2 aliphatic carbocycles. The Kier molecular flexibility index (Phi) is 11.3. The maximum Gasteiger partial charge on any atom is 0.250 e. The van der Waals surface area contributed by atoms with Crippen molar-refractivity contribution in [3.05, 3.63) is 107 Å². The number of imidazole rings is 2. The normalized spacial score (nSPS) is 23.9. The van der Waals surface area contributed by atoms with Crippen LogP contribution in [0.25, 0.3) is 0 Å². The van der Waals surface area contributed by atoms with Gasteiger partial charge in [-0.25, -0.2) is 9.97 Å². The Hall–Kier alpha value is -5.78. The van der Waals surface area contributed by atoms with Crippen LogP contribution in [0.1, 0.15) is 122 Å². The highest BCUT2D eigenvalue weighted by molar-refractivity contribution is 5.91. The van der Waals surface area contributed by atoms with Crippen molar-refractivity contribution in [1.82, 2.24) is 40.4 Å². The number of hydrogen-bond acceptors (Lipinski definition) is 8. The van der Waals surface area contributed by atoms with Crippen LogP contribution in [0.4, 0.5) is 0 Å². The lowest BCUT2D eigenvalue weighted by Crippen LogP contribution is -2.43. The summed E-state index contributed by atoms with van der Waals surface area (Å²) >= 11 is 0. The van der Waals surface area contributed by atoms with Gasteiger partial charge in [0, 0.05) is 25.4 Å². The van der Waals surface area contributed by atoms with Gasteiger partial charge >= 0.3 is 0 Å². The molecule has 5 aliphatic rings. The number of H-pyrrole nitrogens is 2. The Morgan fingerprint density at radius 2 is 1.34 bits per heavy atom. The number of aromatic nitrogens is 4. The van der Waals surface area contributed by atoms with E-state index in [1.54, 1.807) is 12.4 Å². The molecule has 5 fully saturated rings. The Bertz CT molecular complexity index is 2200. The highest BCUT2D eigenvalue weighted by atomic mass is 16.6. The number of nitrogens with zero attached hydrogens (tertiary/aromatic N) is 4. The van der Waals surface area contributed by atoms with E-state index in [1.807, 2.05) is 70.5 Å². The predicted molar refractivity (Wildman–Crippen MR) is 215 cm³/mol. The lowest BCUT2D eigenvalue weighted by Gasteiger charge is -2.29. The highest BCUT2D eigenvalue weighted by Crippen LogP contribution is 2.37. The third-order valence-electron chi connectivity index (χ3n) is 12.0. The summed E-state index contributed by atoms with van der Waals surface area (Å²) in [6.45, 7) is 1.67. The zero-order chi connectivity index (χ0) is 40.3. The first kappa shape index (κ1) is 38.7. The fraction of sp³-hybridized carbons (Fsp3) is 0.467. The Morgan fingerprint density at radius 1 is 0.729 bits per heavy atom. The second-order valence-corrected chi connectivity index (χ2v) is 16.4. The molecule has 306 valence electrons. The number of aromatic amines is 2. The second kappa shape index (κ2) is 17.2.